The van der Waals surface area contributed by atoms with E-state index < -0.39 is 0 Å². The van der Waals surface area contributed by atoms with E-state index in [1.165, 1.54) is 11.8 Å². The molecule has 3 nitrogen and oxygen atoms in total. The van der Waals surface area contributed by atoms with Crippen LogP contribution in [-0.2, 0) is 11.4 Å². The number of nitrogens with zero attached hydrogens (tertiary/aromatic N) is 1. The zero-order chi connectivity index (χ0) is 22.8. The molecule has 6 heteroatoms. The first kappa shape index (κ1) is 21.7. The number of para-hydroxylation sites is 1. The number of halogens is 1. The van der Waals surface area contributed by atoms with Gasteiger partial charge in [0.1, 0.15) is 12.4 Å². The SMILES string of the molecule is O=C1/C(=C/c2ccccc2OCc2ccccc2Cl)SC(=S)N1c1cccc2ccccc12. The molecule has 162 valence electrons. The van der Waals surface area contributed by atoms with Crippen LogP contribution in [-0.4, -0.2) is 10.2 Å². The number of ether oxygens (including phenoxy) is 1. The Balaban J connectivity index is 1.44. The summed E-state index contributed by atoms with van der Waals surface area (Å²) < 4.78 is 6.56. The van der Waals surface area contributed by atoms with E-state index in [4.69, 9.17) is 28.6 Å². The number of benzene rings is 4. The zero-order valence-electron chi connectivity index (χ0n) is 17.4. The zero-order valence-corrected chi connectivity index (χ0v) is 19.8. The number of anilines is 1. The molecule has 5 rings (SSSR count). The molecule has 0 radical (unpaired) electrons. The molecule has 0 bridgehead atoms. The maximum Gasteiger partial charge on any atom is 0.270 e. The second-order valence-electron chi connectivity index (χ2n) is 7.43. The normalized spacial score (nSPS) is 14.9. The van der Waals surface area contributed by atoms with Gasteiger partial charge in [-0.1, -0.05) is 108 Å². The molecule has 1 heterocycles. The predicted molar refractivity (Wildman–Crippen MR) is 142 cm³/mol. The largest absolute Gasteiger partial charge is 0.488 e. The van der Waals surface area contributed by atoms with Gasteiger partial charge in [0.05, 0.1) is 10.6 Å². The van der Waals surface area contributed by atoms with Crippen molar-refractivity contribution in [3.63, 3.8) is 0 Å². The van der Waals surface area contributed by atoms with E-state index >= 15 is 0 Å². The van der Waals surface area contributed by atoms with Crippen molar-refractivity contribution in [2.75, 3.05) is 4.90 Å². The second-order valence-corrected chi connectivity index (χ2v) is 9.52. The monoisotopic (exact) mass is 487 g/mol. The van der Waals surface area contributed by atoms with E-state index in [-0.39, 0.29) is 5.91 Å². The topological polar surface area (TPSA) is 29.5 Å². The lowest BCUT2D eigenvalue weighted by Crippen LogP contribution is -2.27. The summed E-state index contributed by atoms with van der Waals surface area (Å²) in [7, 11) is 0. The van der Waals surface area contributed by atoms with E-state index in [2.05, 4.69) is 0 Å². The molecule has 0 atom stereocenters. The lowest BCUT2D eigenvalue weighted by molar-refractivity contribution is -0.113. The van der Waals surface area contributed by atoms with Gasteiger partial charge in [0.15, 0.2) is 4.32 Å². The molecule has 1 fully saturated rings. The number of rotatable bonds is 5. The molecule has 1 saturated heterocycles. The summed E-state index contributed by atoms with van der Waals surface area (Å²) in [6.07, 6.45) is 1.84. The average Bonchev–Trinajstić information content (AvgIpc) is 3.11. The molecule has 33 heavy (non-hydrogen) atoms. The maximum atomic E-state index is 13.4. The van der Waals surface area contributed by atoms with Gasteiger partial charge in [0, 0.05) is 21.5 Å². The van der Waals surface area contributed by atoms with Crippen LogP contribution < -0.4 is 9.64 Å². The van der Waals surface area contributed by atoms with Crippen LogP contribution in [0, 0.1) is 0 Å². The van der Waals surface area contributed by atoms with E-state index in [1.807, 2.05) is 97.1 Å². The summed E-state index contributed by atoms with van der Waals surface area (Å²) in [6.45, 7) is 0.335. The van der Waals surface area contributed by atoms with Crippen LogP contribution in [0.2, 0.25) is 5.02 Å². The van der Waals surface area contributed by atoms with Gasteiger partial charge in [-0.15, -0.1) is 0 Å². The third-order valence-electron chi connectivity index (χ3n) is 5.35. The minimum absolute atomic E-state index is 0.137. The number of carbonyl (C=O) groups is 1. The van der Waals surface area contributed by atoms with Crippen molar-refractivity contribution in [1.29, 1.82) is 0 Å². The number of thioether (sulfide) groups is 1. The quantitative estimate of drug-likeness (QED) is 0.215. The van der Waals surface area contributed by atoms with Gasteiger partial charge < -0.3 is 4.74 Å². The third-order valence-corrected chi connectivity index (χ3v) is 7.02. The van der Waals surface area contributed by atoms with Crippen LogP contribution in [0.4, 0.5) is 5.69 Å². The van der Waals surface area contributed by atoms with Crippen LogP contribution in [0.15, 0.2) is 95.9 Å². The Labute approximate surface area is 206 Å². The molecule has 0 spiro atoms. The Hall–Kier alpha value is -3.12. The van der Waals surface area contributed by atoms with Crippen molar-refractivity contribution in [3.05, 3.63) is 112 Å². The maximum absolute atomic E-state index is 13.4. The first-order valence-electron chi connectivity index (χ1n) is 10.3. The minimum atomic E-state index is -0.137. The molecule has 4 aromatic carbocycles. The highest BCUT2D eigenvalue weighted by Crippen LogP contribution is 2.39. The summed E-state index contributed by atoms with van der Waals surface area (Å²) in [5.74, 6) is 0.537. The van der Waals surface area contributed by atoms with Gasteiger partial charge in [-0.05, 0) is 29.7 Å². The fraction of sp³-hybridized carbons (Fsp3) is 0.0370. The minimum Gasteiger partial charge on any atom is -0.488 e. The molecule has 0 aromatic heterocycles. The van der Waals surface area contributed by atoms with Crippen molar-refractivity contribution < 1.29 is 9.53 Å². The molecule has 1 aliphatic heterocycles. The number of amides is 1. The number of thiocarbonyl (C=S) groups is 1. The molecule has 4 aromatic rings. The Kier molecular flexibility index (Phi) is 6.18. The molecule has 0 aliphatic carbocycles. The molecule has 0 saturated carbocycles. The Bertz CT molecular complexity index is 1410. The molecule has 0 unspecified atom stereocenters. The van der Waals surface area contributed by atoms with Crippen LogP contribution in [0.1, 0.15) is 11.1 Å². The van der Waals surface area contributed by atoms with Crippen LogP contribution >= 0.6 is 35.6 Å². The first-order valence-corrected chi connectivity index (χ1v) is 11.9. The number of carbonyl (C=O) groups excluding carboxylic acids is 1. The van der Waals surface area contributed by atoms with Gasteiger partial charge in [-0.3, -0.25) is 9.69 Å². The van der Waals surface area contributed by atoms with Gasteiger partial charge in [0.25, 0.3) is 5.91 Å². The van der Waals surface area contributed by atoms with Gasteiger partial charge >= 0.3 is 0 Å². The molecular weight excluding hydrogens is 470 g/mol. The van der Waals surface area contributed by atoms with Crippen LogP contribution in [0.5, 0.6) is 5.75 Å². The lowest BCUT2D eigenvalue weighted by Gasteiger charge is -2.17. The summed E-state index contributed by atoms with van der Waals surface area (Å²) in [5.41, 5.74) is 2.50. The standard InChI is InChI=1S/C27H18ClNO2S2/c28-22-13-5-2-10-20(22)17-31-24-15-6-3-9-19(24)16-25-26(30)29(27(32)33-25)23-14-7-11-18-8-1-4-12-21(18)23/h1-16H,17H2/b25-16-. The van der Waals surface area contributed by atoms with Gasteiger partial charge in [-0.25, -0.2) is 0 Å². The Morgan fingerprint density at radius 3 is 2.52 bits per heavy atom. The first-order chi connectivity index (χ1) is 16.1. The van der Waals surface area contributed by atoms with Gasteiger partial charge in [-0.2, -0.15) is 0 Å². The summed E-state index contributed by atoms with van der Waals surface area (Å²) in [5, 5.41) is 2.71. The van der Waals surface area contributed by atoms with Crippen LogP contribution in [0.3, 0.4) is 0 Å². The number of fused-ring (bicyclic) bond motifs is 1. The van der Waals surface area contributed by atoms with Crippen molar-refractivity contribution in [1.82, 2.24) is 0 Å². The molecule has 0 N–H and O–H groups in total. The highest BCUT2D eigenvalue weighted by atomic mass is 35.5. The number of hydrogen-bond acceptors (Lipinski definition) is 4. The highest BCUT2D eigenvalue weighted by Gasteiger charge is 2.34. The Morgan fingerprint density at radius 2 is 1.64 bits per heavy atom. The summed E-state index contributed by atoms with van der Waals surface area (Å²) in [6, 6.07) is 29.1. The van der Waals surface area contributed by atoms with E-state index in [0.29, 0.717) is 26.6 Å². The molecule has 1 aliphatic rings. The predicted octanol–water partition coefficient (Wildman–Crippen LogP) is 7.48. The number of hydrogen-bond donors (Lipinski definition) is 0. The third kappa shape index (κ3) is 4.40. The average molecular weight is 488 g/mol. The Morgan fingerprint density at radius 1 is 0.909 bits per heavy atom. The van der Waals surface area contributed by atoms with Crippen molar-refractivity contribution in [2.24, 2.45) is 0 Å². The molecular formula is C27H18ClNO2S2. The van der Waals surface area contributed by atoms with Crippen LogP contribution in [0.25, 0.3) is 16.8 Å². The fourth-order valence-electron chi connectivity index (χ4n) is 3.72. The van der Waals surface area contributed by atoms with E-state index in [1.54, 1.807) is 4.90 Å². The lowest BCUT2D eigenvalue weighted by atomic mass is 10.1. The fourth-order valence-corrected chi connectivity index (χ4v) is 5.19. The highest BCUT2D eigenvalue weighted by molar-refractivity contribution is 8.27. The molecule has 1 amide bonds. The smallest absolute Gasteiger partial charge is 0.270 e. The van der Waals surface area contributed by atoms with Crippen molar-refractivity contribution in [2.45, 2.75) is 6.61 Å². The van der Waals surface area contributed by atoms with Gasteiger partial charge in [0.2, 0.25) is 0 Å². The summed E-state index contributed by atoms with van der Waals surface area (Å²) in [4.78, 5) is 15.6. The second kappa shape index (κ2) is 9.40. The van der Waals surface area contributed by atoms with Crippen molar-refractivity contribution >= 4 is 68.3 Å². The van der Waals surface area contributed by atoms with E-state index in [0.717, 1.165) is 27.6 Å². The van der Waals surface area contributed by atoms with E-state index in [9.17, 15) is 4.79 Å². The summed E-state index contributed by atoms with van der Waals surface area (Å²) >= 11 is 13.2. The van der Waals surface area contributed by atoms with Crippen molar-refractivity contribution in [3.8, 4) is 5.75 Å².